The summed E-state index contributed by atoms with van der Waals surface area (Å²) in [4.78, 5) is 35.7. The van der Waals surface area contributed by atoms with Crippen LogP contribution in [0.2, 0.25) is 0 Å². The highest BCUT2D eigenvalue weighted by molar-refractivity contribution is 5.81. The van der Waals surface area contributed by atoms with Gasteiger partial charge in [0.1, 0.15) is 0 Å². The molecule has 0 aromatic heterocycles. The third-order valence-electron chi connectivity index (χ3n) is 3.90. The predicted molar refractivity (Wildman–Crippen MR) is 81.0 cm³/mol. The van der Waals surface area contributed by atoms with Gasteiger partial charge >= 0.3 is 17.9 Å². The van der Waals surface area contributed by atoms with E-state index in [9.17, 15) is 19.6 Å². The van der Waals surface area contributed by atoms with Crippen LogP contribution in [0.4, 0.5) is 0 Å². The van der Waals surface area contributed by atoms with Gasteiger partial charge in [0, 0.05) is 5.41 Å². The van der Waals surface area contributed by atoms with Crippen molar-refractivity contribution in [3.8, 4) is 6.07 Å². The SMILES string of the molecule is CCCCCC(CC(=O)OC)(CC(=O)OC)C(C#N)C(=O)OC. The molecule has 7 nitrogen and oxygen atoms in total. The lowest BCUT2D eigenvalue weighted by Gasteiger charge is -2.34. The second-order valence-corrected chi connectivity index (χ2v) is 5.41. The van der Waals surface area contributed by atoms with Gasteiger partial charge in [0.15, 0.2) is 5.92 Å². The van der Waals surface area contributed by atoms with Crippen molar-refractivity contribution in [3.05, 3.63) is 0 Å². The fourth-order valence-corrected chi connectivity index (χ4v) is 2.59. The van der Waals surface area contributed by atoms with Crippen LogP contribution in [0.3, 0.4) is 0 Å². The van der Waals surface area contributed by atoms with Gasteiger partial charge in [0.2, 0.25) is 0 Å². The summed E-state index contributed by atoms with van der Waals surface area (Å²) in [7, 11) is 3.60. The Balaban J connectivity index is 5.76. The Morgan fingerprint density at radius 1 is 1.00 bits per heavy atom. The second kappa shape index (κ2) is 10.6. The Morgan fingerprint density at radius 3 is 1.87 bits per heavy atom. The van der Waals surface area contributed by atoms with Crippen LogP contribution in [0.25, 0.3) is 0 Å². The molecule has 0 aromatic carbocycles. The number of hydrogen-bond acceptors (Lipinski definition) is 7. The Morgan fingerprint density at radius 2 is 1.52 bits per heavy atom. The van der Waals surface area contributed by atoms with Crippen molar-refractivity contribution in [3.63, 3.8) is 0 Å². The van der Waals surface area contributed by atoms with E-state index in [1.165, 1.54) is 21.3 Å². The maximum Gasteiger partial charge on any atom is 0.323 e. The van der Waals surface area contributed by atoms with E-state index in [2.05, 4.69) is 14.2 Å². The molecule has 0 heterocycles. The van der Waals surface area contributed by atoms with E-state index in [0.717, 1.165) is 12.8 Å². The first kappa shape index (κ1) is 20.9. The summed E-state index contributed by atoms with van der Waals surface area (Å²) in [6.45, 7) is 2.00. The zero-order valence-corrected chi connectivity index (χ0v) is 14.2. The minimum atomic E-state index is -1.25. The molecule has 0 aliphatic heterocycles. The van der Waals surface area contributed by atoms with E-state index in [1.54, 1.807) is 0 Å². The number of methoxy groups -OCH3 is 3. The van der Waals surface area contributed by atoms with Gasteiger partial charge in [-0.25, -0.2) is 0 Å². The summed E-state index contributed by atoms with van der Waals surface area (Å²) in [5.74, 6) is -3.19. The van der Waals surface area contributed by atoms with Crippen LogP contribution in [-0.4, -0.2) is 39.2 Å². The average Bonchev–Trinajstić information content (AvgIpc) is 2.54. The Kier molecular flexibility index (Phi) is 9.63. The first-order valence-corrected chi connectivity index (χ1v) is 7.51. The van der Waals surface area contributed by atoms with E-state index in [-0.39, 0.29) is 12.8 Å². The van der Waals surface area contributed by atoms with Crippen molar-refractivity contribution in [2.45, 2.75) is 45.4 Å². The minimum Gasteiger partial charge on any atom is -0.469 e. The maximum absolute atomic E-state index is 12.0. The van der Waals surface area contributed by atoms with E-state index in [4.69, 9.17) is 0 Å². The summed E-state index contributed by atoms with van der Waals surface area (Å²) < 4.78 is 14.0. The molecule has 0 amide bonds. The van der Waals surface area contributed by atoms with Gasteiger partial charge in [-0.3, -0.25) is 14.4 Å². The van der Waals surface area contributed by atoms with Crippen LogP contribution in [-0.2, 0) is 28.6 Å². The number of unbranched alkanes of at least 4 members (excludes halogenated alkanes) is 2. The summed E-state index contributed by atoms with van der Waals surface area (Å²) >= 11 is 0. The molecule has 23 heavy (non-hydrogen) atoms. The predicted octanol–water partition coefficient (Wildman–Crippen LogP) is 1.99. The normalized spacial score (nSPS) is 12.0. The molecule has 0 aliphatic carbocycles. The Labute approximate surface area is 136 Å². The molecule has 0 fully saturated rings. The van der Waals surface area contributed by atoms with E-state index < -0.39 is 29.2 Å². The van der Waals surface area contributed by atoms with Crippen molar-refractivity contribution in [1.29, 1.82) is 5.26 Å². The minimum absolute atomic E-state index is 0.227. The summed E-state index contributed by atoms with van der Waals surface area (Å²) in [6.07, 6.45) is 2.33. The van der Waals surface area contributed by atoms with Gasteiger partial charge in [-0.15, -0.1) is 0 Å². The summed E-state index contributed by atoms with van der Waals surface area (Å²) in [5, 5.41) is 9.44. The van der Waals surface area contributed by atoms with Crippen LogP contribution in [0.15, 0.2) is 0 Å². The number of carbonyl (C=O) groups excluding carboxylic acids is 3. The number of nitriles is 1. The first-order valence-electron chi connectivity index (χ1n) is 7.51. The maximum atomic E-state index is 12.0. The zero-order valence-electron chi connectivity index (χ0n) is 14.2. The van der Waals surface area contributed by atoms with Gasteiger partial charge in [-0.1, -0.05) is 26.2 Å². The second-order valence-electron chi connectivity index (χ2n) is 5.41. The van der Waals surface area contributed by atoms with Crippen molar-refractivity contribution in [2.24, 2.45) is 11.3 Å². The number of nitrogens with zero attached hydrogens (tertiary/aromatic N) is 1. The van der Waals surface area contributed by atoms with Crippen molar-refractivity contribution < 1.29 is 28.6 Å². The average molecular weight is 327 g/mol. The van der Waals surface area contributed by atoms with Crippen LogP contribution in [0, 0.1) is 22.7 Å². The number of carbonyl (C=O) groups is 3. The van der Waals surface area contributed by atoms with Gasteiger partial charge < -0.3 is 14.2 Å². The zero-order chi connectivity index (χ0) is 17.9. The molecule has 0 radical (unpaired) electrons. The summed E-state index contributed by atoms with van der Waals surface area (Å²) in [5.41, 5.74) is -1.20. The fraction of sp³-hybridized carbons (Fsp3) is 0.750. The molecule has 0 N–H and O–H groups in total. The molecular weight excluding hydrogens is 302 g/mol. The van der Waals surface area contributed by atoms with Crippen LogP contribution >= 0.6 is 0 Å². The molecule has 0 bridgehead atoms. The molecule has 0 aliphatic rings. The van der Waals surface area contributed by atoms with Crippen LogP contribution in [0.5, 0.6) is 0 Å². The van der Waals surface area contributed by atoms with E-state index >= 15 is 0 Å². The molecule has 0 saturated carbocycles. The number of hydrogen-bond donors (Lipinski definition) is 0. The van der Waals surface area contributed by atoms with Crippen molar-refractivity contribution in [1.82, 2.24) is 0 Å². The van der Waals surface area contributed by atoms with Crippen LogP contribution in [0.1, 0.15) is 45.4 Å². The molecule has 130 valence electrons. The van der Waals surface area contributed by atoms with Gasteiger partial charge in [-0.2, -0.15) is 5.26 Å². The monoisotopic (exact) mass is 327 g/mol. The smallest absolute Gasteiger partial charge is 0.323 e. The molecular formula is C16H25NO6. The number of ether oxygens (including phenoxy) is 3. The molecule has 0 aromatic rings. The summed E-state index contributed by atoms with van der Waals surface area (Å²) in [6, 6.07) is 1.89. The van der Waals surface area contributed by atoms with Crippen molar-refractivity contribution >= 4 is 17.9 Å². The van der Waals surface area contributed by atoms with Crippen LogP contribution < -0.4 is 0 Å². The fourth-order valence-electron chi connectivity index (χ4n) is 2.59. The Hall–Kier alpha value is -2.10. The van der Waals surface area contributed by atoms with Gasteiger partial charge in [-0.05, 0) is 6.42 Å². The molecule has 7 heteroatoms. The topological polar surface area (TPSA) is 103 Å². The van der Waals surface area contributed by atoms with E-state index in [0.29, 0.717) is 12.8 Å². The van der Waals surface area contributed by atoms with Crippen molar-refractivity contribution in [2.75, 3.05) is 21.3 Å². The largest absolute Gasteiger partial charge is 0.469 e. The molecule has 0 spiro atoms. The number of esters is 3. The first-order chi connectivity index (χ1) is 10.9. The number of rotatable bonds is 10. The van der Waals surface area contributed by atoms with E-state index in [1.807, 2.05) is 13.0 Å². The Bertz CT molecular complexity index is 436. The quantitative estimate of drug-likeness (QED) is 0.343. The lowest BCUT2D eigenvalue weighted by atomic mass is 9.67. The third-order valence-corrected chi connectivity index (χ3v) is 3.90. The third kappa shape index (κ3) is 6.27. The highest BCUT2D eigenvalue weighted by Gasteiger charge is 2.47. The highest BCUT2D eigenvalue weighted by atomic mass is 16.5. The molecule has 1 atom stereocenters. The molecule has 1 unspecified atom stereocenters. The lowest BCUT2D eigenvalue weighted by molar-refractivity contribution is -0.155. The lowest BCUT2D eigenvalue weighted by Crippen LogP contribution is -2.40. The standard InChI is InChI=1S/C16H25NO6/c1-5-6-7-8-16(9-13(18)21-2,10-14(19)22-3)12(11-17)15(20)23-4/h12H,5-10H2,1-4H3. The molecule has 0 rings (SSSR count). The van der Waals surface area contributed by atoms with Gasteiger partial charge in [0.05, 0.1) is 40.2 Å². The highest BCUT2D eigenvalue weighted by Crippen LogP contribution is 2.42. The van der Waals surface area contributed by atoms with Gasteiger partial charge in [0.25, 0.3) is 0 Å². The molecule has 0 saturated heterocycles.